The van der Waals surface area contributed by atoms with Gasteiger partial charge in [-0.2, -0.15) is 0 Å². The number of rotatable bonds is 7. The first-order valence-electron chi connectivity index (χ1n) is 9.52. The summed E-state index contributed by atoms with van der Waals surface area (Å²) in [5, 5.41) is 4.98. The van der Waals surface area contributed by atoms with Gasteiger partial charge in [0.15, 0.2) is 23.2 Å². The molecule has 0 radical (unpaired) electrons. The maximum absolute atomic E-state index is 12.7. The van der Waals surface area contributed by atoms with Gasteiger partial charge in [0.05, 0.1) is 18.4 Å². The predicted molar refractivity (Wildman–Crippen MR) is 116 cm³/mol. The first-order chi connectivity index (χ1) is 15.1. The van der Waals surface area contributed by atoms with E-state index < -0.39 is 18.0 Å². The molecule has 0 aliphatic heterocycles. The van der Waals surface area contributed by atoms with Gasteiger partial charge in [0.2, 0.25) is 0 Å². The second-order valence-corrected chi connectivity index (χ2v) is 7.45. The van der Waals surface area contributed by atoms with Gasteiger partial charge in [-0.15, -0.1) is 11.3 Å². The van der Waals surface area contributed by atoms with E-state index in [1.165, 1.54) is 23.8 Å². The van der Waals surface area contributed by atoms with Gasteiger partial charge in [-0.05, 0) is 36.8 Å². The lowest BCUT2D eigenvalue weighted by Crippen LogP contribution is -2.32. The minimum Gasteiger partial charge on any atom is -0.497 e. The summed E-state index contributed by atoms with van der Waals surface area (Å²) in [5.74, 6) is -0.336. The smallest absolute Gasteiger partial charge is 0.339 e. The number of aromatic nitrogens is 2. The van der Waals surface area contributed by atoms with Crippen LogP contribution in [-0.2, 0) is 9.53 Å². The zero-order valence-corrected chi connectivity index (χ0v) is 17.6. The molecule has 4 rings (SSSR count). The number of hydrogen-bond donors (Lipinski definition) is 1. The second-order valence-electron chi connectivity index (χ2n) is 6.60. The Balaban J connectivity index is 1.43. The van der Waals surface area contributed by atoms with Crippen LogP contribution in [0, 0.1) is 0 Å². The number of carbonyl (C=O) groups is 2. The van der Waals surface area contributed by atoms with Gasteiger partial charge in [0.1, 0.15) is 11.3 Å². The number of nitrogens with one attached hydrogen (secondary N) is 1. The van der Waals surface area contributed by atoms with Crippen molar-refractivity contribution in [1.82, 2.24) is 9.97 Å². The van der Waals surface area contributed by atoms with Crippen molar-refractivity contribution in [2.45, 2.75) is 19.4 Å². The highest BCUT2D eigenvalue weighted by Gasteiger charge is 2.23. The predicted octanol–water partition coefficient (Wildman–Crippen LogP) is 4.53. The summed E-state index contributed by atoms with van der Waals surface area (Å²) in [6.07, 6.45) is 0.661. The molecule has 4 aromatic rings. The van der Waals surface area contributed by atoms with E-state index >= 15 is 0 Å². The molecule has 0 aliphatic rings. The number of benzene rings is 2. The highest BCUT2D eigenvalue weighted by atomic mass is 32.1. The molecular formula is C22H19N3O5S. The Hall–Kier alpha value is -3.72. The monoisotopic (exact) mass is 437 g/mol. The number of fused-ring (bicyclic) bond motifs is 1. The summed E-state index contributed by atoms with van der Waals surface area (Å²) in [5.41, 5.74) is 2.98. The van der Waals surface area contributed by atoms with Gasteiger partial charge in [0, 0.05) is 10.9 Å². The number of nitrogens with zero attached hydrogens (tertiary/aromatic N) is 2. The number of methoxy groups -OCH3 is 1. The molecular weight excluding hydrogens is 418 g/mol. The largest absolute Gasteiger partial charge is 0.497 e. The quantitative estimate of drug-likeness (QED) is 0.424. The van der Waals surface area contributed by atoms with Crippen molar-refractivity contribution in [3.63, 3.8) is 0 Å². The lowest BCUT2D eigenvalue weighted by Gasteiger charge is -2.15. The van der Waals surface area contributed by atoms with Crippen LogP contribution in [0.15, 0.2) is 58.7 Å². The SMILES string of the molecule is CCC(OC(=O)c1ccc2ncoc2c1)C(=O)Nc1nc(-c2cccc(OC)c2)cs1. The number of esters is 1. The van der Waals surface area contributed by atoms with Crippen molar-refractivity contribution < 1.29 is 23.5 Å². The lowest BCUT2D eigenvalue weighted by molar-refractivity contribution is -0.124. The summed E-state index contributed by atoms with van der Waals surface area (Å²) < 4.78 is 15.9. The van der Waals surface area contributed by atoms with Crippen molar-refractivity contribution >= 4 is 39.4 Å². The Morgan fingerprint density at radius 1 is 1.23 bits per heavy atom. The average Bonchev–Trinajstić information content (AvgIpc) is 3.46. The van der Waals surface area contributed by atoms with Crippen LogP contribution < -0.4 is 10.1 Å². The van der Waals surface area contributed by atoms with E-state index in [-0.39, 0.29) is 5.56 Å². The van der Waals surface area contributed by atoms with Gasteiger partial charge in [-0.1, -0.05) is 19.1 Å². The molecule has 0 saturated carbocycles. The van der Waals surface area contributed by atoms with E-state index in [1.807, 2.05) is 29.6 Å². The third kappa shape index (κ3) is 4.56. The minimum absolute atomic E-state index is 0.282. The fourth-order valence-corrected chi connectivity index (χ4v) is 3.66. The Kier molecular flexibility index (Phi) is 5.94. The summed E-state index contributed by atoms with van der Waals surface area (Å²) in [6.45, 7) is 1.76. The van der Waals surface area contributed by atoms with Crippen molar-refractivity contribution in [2.24, 2.45) is 0 Å². The normalized spacial score (nSPS) is 11.8. The standard InChI is InChI=1S/C22H19N3O5S/c1-3-18(30-21(27)14-7-8-16-19(10-14)29-12-23-16)20(26)25-22-24-17(11-31-22)13-5-4-6-15(9-13)28-2/h4-12,18H,3H2,1-2H3,(H,24,25,26). The first kappa shape index (κ1) is 20.5. The number of thiazole rings is 1. The highest BCUT2D eigenvalue weighted by molar-refractivity contribution is 7.14. The maximum Gasteiger partial charge on any atom is 0.339 e. The summed E-state index contributed by atoms with van der Waals surface area (Å²) in [6, 6.07) is 12.3. The Labute approximate surface area is 181 Å². The van der Waals surface area contributed by atoms with E-state index in [2.05, 4.69) is 15.3 Å². The summed E-state index contributed by atoms with van der Waals surface area (Å²) >= 11 is 1.29. The van der Waals surface area contributed by atoms with Crippen LogP contribution in [0.1, 0.15) is 23.7 Å². The molecule has 31 heavy (non-hydrogen) atoms. The molecule has 2 heterocycles. The van der Waals surface area contributed by atoms with Crippen LogP contribution in [0.2, 0.25) is 0 Å². The number of ether oxygens (including phenoxy) is 2. The molecule has 1 unspecified atom stereocenters. The molecule has 0 saturated heterocycles. The van der Waals surface area contributed by atoms with Crippen molar-refractivity contribution in [2.75, 3.05) is 12.4 Å². The maximum atomic E-state index is 12.7. The number of carbonyl (C=O) groups excluding carboxylic acids is 2. The Bertz CT molecular complexity index is 1230. The zero-order chi connectivity index (χ0) is 21.8. The van der Waals surface area contributed by atoms with Gasteiger partial charge >= 0.3 is 5.97 Å². The van der Waals surface area contributed by atoms with Crippen molar-refractivity contribution in [3.05, 3.63) is 59.8 Å². The number of anilines is 1. The Morgan fingerprint density at radius 2 is 2.10 bits per heavy atom. The van der Waals surface area contributed by atoms with Gasteiger partial charge < -0.3 is 13.9 Å². The third-order valence-electron chi connectivity index (χ3n) is 4.58. The fraction of sp³-hybridized carbons (Fsp3) is 0.182. The number of oxazole rings is 1. The van der Waals surface area contributed by atoms with E-state index in [9.17, 15) is 9.59 Å². The zero-order valence-electron chi connectivity index (χ0n) is 16.8. The van der Waals surface area contributed by atoms with Crippen LogP contribution in [0.3, 0.4) is 0 Å². The van der Waals surface area contributed by atoms with E-state index in [4.69, 9.17) is 13.9 Å². The average molecular weight is 437 g/mol. The molecule has 0 spiro atoms. The topological polar surface area (TPSA) is 104 Å². The third-order valence-corrected chi connectivity index (χ3v) is 5.34. The molecule has 1 N–H and O–H groups in total. The van der Waals surface area contributed by atoms with Gasteiger partial charge in [0.25, 0.3) is 5.91 Å². The van der Waals surface area contributed by atoms with Crippen LogP contribution in [0.4, 0.5) is 5.13 Å². The van der Waals surface area contributed by atoms with Crippen LogP contribution in [-0.4, -0.2) is 35.1 Å². The number of hydrogen-bond acceptors (Lipinski definition) is 8. The number of amides is 1. The van der Waals surface area contributed by atoms with E-state index in [0.29, 0.717) is 28.3 Å². The minimum atomic E-state index is -0.956. The second kappa shape index (κ2) is 8.97. The van der Waals surface area contributed by atoms with Crippen LogP contribution >= 0.6 is 11.3 Å². The van der Waals surface area contributed by atoms with E-state index in [1.54, 1.807) is 26.2 Å². The molecule has 2 aromatic heterocycles. The Morgan fingerprint density at radius 3 is 2.90 bits per heavy atom. The molecule has 158 valence electrons. The summed E-state index contributed by atoms with van der Waals surface area (Å²) in [7, 11) is 1.60. The van der Waals surface area contributed by atoms with Gasteiger partial charge in [-0.3, -0.25) is 10.1 Å². The molecule has 1 amide bonds. The van der Waals surface area contributed by atoms with Crippen LogP contribution in [0.5, 0.6) is 5.75 Å². The van der Waals surface area contributed by atoms with E-state index in [0.717, 1.165) is 11.3 Å². The molecule has 9 heteroatoms. The molecule has 0 fully saturated rings. The lowest BCUT2D eigenvalue weighted by atomic mass is 10.2. The highest BCUT2D eigenvalue weighted by Crippen LogP contribution is 2.27. The molecule has 1 atom stereocenters. The first-order valence-corrected chi connectivity index (χ1v) is 10.4. The molecule has 0 aliphatic carbocycles. The van der Waals surface area contributed by atoms with Crippen LogP contribution in [0.25, 0.3) is 22.4 Å². The summed E-state index contributed by atoms with van der Waals surface area (Å²) in [4.78, 5) is 33.6. The van der Waals surface area contributed by atoms with Crippen molar-refractivity contribution in [1.29, 1.82) is 0 Å². The molecule has 8 nitrogen and oxygen atoms in total. The van der Waals surface area contributed by atoms with Gasteiger partial charge in [-0.25, -0.2) is 14.8 Å². The van der Waals surface area contributed by atoms with Crippen molar-refractivity contribution in [3.8, 4) is 17.0 Å². The molecule has 0 bridgehead atoms. The fourth-order valence-electron chi connectivity index (χ4n) is 2.93. The molecule has 2 aromatic carbocycles.